The Kier molecular flexibility index (Phi) is 6.61. The van der Waals surface area contributed by atoms with E-state index in [0.717, 1.165) is 19.4 Å². The molecule has 0 bridgehead atoms. The van der Waals surface area contributed by atoms with E-state index in [0.29, 0.717) is 0 Å². The number of hydrogen-bond acceptors (Lipinski definition) is 4. The van der Waals surface area contributed by atoms with Gasteiger partial charge in [0, 0.05) is 12.1 Å². The number of carboxylic acid groups (broad SMARTS) is 1. The summed E-state index contributed by atoms with van der Waals surface area (Å²) in [5.41, 5.74) is 0. The van der Waals surface area contributed by atoms with Gasteiger partial charge in [-0.1, -0.05) is 20.8 Å². The Hall–Kier alpha value is -1.14. The van der Waals surface area contributed by atoms with Gasteiger partial charge >= 0.3 is 5.97 Å². The normalized spacial score (nSPS) is 23.2. The summed E-state index contributed by atoms with van der Waals surface area (Å²) in [6, 6.07) is 0.324. The lowest BCUT2D eigenvalue weighted by atomic mass is 9.85. The molecule has 1 rings (SSSR count). The van der Waals surface area contributed by atoms with E-state index in [9.17, 15) is 9.59 Å². The van der Waals surface area contributed by atoms with Crippen LogP contribution in [0.2, 0.25) is 0 Å². The predicted octanol–water partition coefficient (Wildman–Crippen LogP) is 0.626. The van der Waals surface area contributed by atoms with Gasteiger partial charge in [-0.25, -0.2) is 0 Å². The summed E-state index contributed by atoms with van der Waals surface area (Å²) in [7, 11) is 3.83. The highest BCUT2D eigenvalue weighted by Crippen LogP contribution is 2.26. The van der Waals surface area contributed by atoms with Crippen LogP contribution in [0.15, 0.2) is 0 Å². The Morgan fingerprint density at radius 3 is 2.24 bits per heavy atom. The first-order valence-electron chi connectivity index (χ1n) is 7.68. The number of hydrogen-bond donors (Lipinski definition) is 2. The molecule has 0 heterocycles. The van der Waals surface area contributed by atoms with Crippen LogP contribution in [0.3, 0.4) is 0 Å². The average Bonchev–Trinajstić information content (AvgIpc) is 2.29. The first-order chi connectivity index (χ1) is 9.76. The molecular weight excluding hydrogens is 270 g/mol. The number of aliphatic carboxylic acids is 1. The van der Waals surface area contributed by atoms with E-state index in [1.165, 1.54) is 0 Å². The maximum absolute atomic E-state index is 12.3. The largest absolute Gasteiger partial charge is 0.480 e. The minimum Gasteiger partial charge on any atom is -0.480 e. The van der Waals surface area contributed by atoms with Crippen LogP contribution in [0.1, 0.15) is 33.6 Å². The van der Waals surface area contributed by atoms with Gasteiger partial charge in [0.2, 0.25) is 5.91 Å². The van der Waals surface area contributed by atoms with Crippen LogP contribution in [0.25, 0.3) is 0 Å². The molecule has 1 fully saturated rings. The molecule has 1 amide bonds. The number of carbonyl (C=O) groups is 2. The molecule has 0 aromatic heterocycles. The number of nitrogens with one attached hydrogen (secondary N) is 1. The maximum atomic E-state index is 12.3. The fourth-order valence-electron chi connectivity index (χ4n) is 3.10. The standard InChI is InChI=1S/C15H29N3O3/c1-6-18(9-13(19)20)12-7-11(8-12)16-15(21)14(10(2)3)17(4)5/h10-12,14H,6-9H2,1-5H3,(H,16,21)(H,19,20). The van der Waals surface area contributed by atoms with E-state index in [1.807, 2.05) is 44.7 Å². The number of rotatable bonds is 8. The molecule has 0 radical (unpaired) electrons. The molecule has 1 atom stereocenters. The quantitative estimate of drug-likeness (QED) is 0.687. The molecule has 0 saturated heterocycles. The third kappa shape index (κ3) is 4.97. The Morgan fingerprint density at radius 2 is 1.86 bits per heavy atom. The van der Waals surface area contributed by atoms with Crippen LogP contribution in [-0.2, 0) is 9.59 Å². The second-order valence-corrected chi connectivity index (χ2v) is 6.44. The van der Waals surface area contributed by atoms with E-state index in [-0.39, 0.29) is 36.5 Å². The monoisotopic (exact) mass is 299 g/mol. The first-order valence-corrected chi connectivity index (χ1v) is 7.68. The summed E-state index contributed by atoms with van der Waals surface area (Å²) in [6.45, 7) is 6.85. The predicted molar refractivity (Wildman–Crippen MR) is 82.1 cm³/mol. The Bertz CT molecular complexity index is 357. The van der Waals surface area contributed by atoms with Gasteiger partial charge in [-0.2, -0.15) is 0 Å². The van der Waals surface area contributed by atoms with Crippen LogP contribution < -0.4 is 5.32 Å². The zero-order chi connectivity index (χ0) is 16.2. The first kappa shape index (κ1) is 17.9. The number of nitrogens with zero attached hydrogens (tertiary/aromatic N) is 2. The molecule has 6 heteroatoms. The van der Waals surface area contributed by atoms with E-state index in [1.54, 1.807) is 0 Å². The lowest BCUT2D eigenvalue weighted by Gasteiger charge is -2.43. The molecule has 1 unspecified atom stereocenters. The summed E-state index contributed by atoms with van der Waals surface area (Å²) < 4.78 is 0. The molecule has 0 aliphatic heterocycles. The van der Waals surface area contributed by atoms with Crippen molar-refractivity contribution in [3.63, 3.8) is 0 Å². The third-order valence-electron chi connectivity index (χ3n) is 4.18. The van der Waals surface area contributed by atoms with Crippen molar-refractivity contribution in [3.05, 3.63) is 0 Å². The molecule has 0 aromatic carbocycles. The lowest BCUT2D eigenvalue weighted by molar-refractivity contribution is -0.140. The van der Waals surface area contributed by atoms with Crippen molar-refractivity contribution in [1.82, 2.24) is 15.1 Å². The third-order valence-corrected chi connectivity index (χ3v) is 4.18. The van der Waals surface area contributed by atoms with Gasteiger partial charge in [0.05, 0.1) is 12.6 Å². The molecule has 1 aliphatic carbocycles. The Labute approximate surface area is 127 Å². The molecular formula is C15H29N3O3. The maximum Gasteiger partial charge on any atom is 0.317 e. The second kappa shape index (κ2) is 7.75. The van der Waals surface area contributed by atoms with Gasteiger partial charge < -0.3 is 10.4 Å². The molecule has 1 saturated carbocycles. The molecule has 1 aliphatic rings. The number of carboxylic acids is 1. The van der Waals surface area contributed by atoms with Gasteiger partial charge in [0.15, 0.2) is 0 Å². The fourth-order valence-corrected chi connectivity index (χ4v) is 3.10. The lowest BCUT2D eigenvalue weighted by Crippen LogP contribution is -2.58. The highest BCUT2D eigenvalue weighted by Gasteiger charge is 2.36. The van der Waals surface area contributed by atoms with Crippen LogP contribution in [0.4, 0.5) is 0 Å². The summed E-state index contributed by atoms with van der Waals surface area (Å²) >= 11 is 0. The Balaban J connectivity index is 2.43. The van der Waals surface area contributed by atoms with Crippen molar-refractivity contribution >= 4 is 11.9 Å². The highest BCUT2D eigenvalue weighted by molar-refractivity contribution is 5.82. The van der Waals surface area contributed by atoms with E-state index in [4.69, 9.17) is 5.11 Å². The average molecular weight is 299 g/mol. The van der Waals surface area contributed by atoms with Gasteiger partial charge in [0.25, 0.3) is 0 Å². The van der Waals surface area contributed by atoms with Crippen LogP contribution in [0, 0.1) is 5.92 Å². The van der Waals surface area contributed by atoms with Crippen molar-refractivity contribution < 1.29 is 14.7 Å². The summed E-state index contributed by atoms with van der Waals surface area (Å²) in [6.07, 6.45) is 1.68. The van der Waals surface area contributed by atoms with Crippen LogP contribution >= 0.6 is 0 Å². The number of amides is 1. The van der Waals surface area contributed by atoms with Crippen LogP contribution in [-0.4, -0.2) is 72.1 Å². The molecule has 0 aromatic rings. The van der Waals surface area contributed by atoms with E-state index < -0.39 is 5.97 Å². The zero-order valence-corrected chi connectivity index (χ0v) is 13.8. The molecule has 21 heavy (non-hydrogen) atoms. The zero-order valence-electron chi connectivity index (χ0n) is 13.8. The minimum absolute atomic E-state index is 0.0692. The van der Waals surface area contributed by atoms with Gasteiger partial charge in [-0.3, -0.25) is 19.4 Å². The molecule has 122 valence electrons. The SMILES string of the molecule is CCN(CC(=O)O)C1CC(NC(=O)C(C(C)C)N(C)C)C1. The van der Waals surface area contributed by atoms with Crippen molar-refractivity contribution in [2.45, 2.75) is 51.7 Å². The topological polar surface area (TPSA) is 72.9 Å². The van der Waals surface area contributed by atoms with Gasteiger partial charge in [-0.15, -0.1) is 0 Å². The summed E-state index contributed by atoms with van der Waals surface area (Å²) in [5, 5.41) is 12.0. The number of carbonyl (C=O) groups excluding carboxylic acids is 1. The fraction of sp³-hybridized carbons (Fsp3) is 0.867. The molecule has 6 nitrogen and oxygen atoms in total. The molecule has 2 N–H and O–H groups in total. The van der Waals surface area contributed by atoms with E-state index in [2.05, 4.69) is 5.32 Å². The van der Waals surface area contributed by atoms with Crippen molar-refractivity contribution in [3.8, 4) is 0 Å². The van der Waals surface area contributed by atoms with Gasteiger partial charge in [0.1, 0.15) is 0 Å². The van der Waals surface area contributed by atoms with Crippen LogP contribution in [0.5, 0.6) is 0 Å². The van der Waals surface area contributed by atoms with Crippen molar-refractivity contribution in [2.24, 2.45) is 5.92 Å². The second-order valence-electron chi connectivity index (χ2n) is 6.44. The minimum atomic E-state index is -0.795. The smallest absolute Gasteiger partial charge is 0.317 e. The highest BCUT2D eigenvalue weighted by atomic mass is 16.4. The van der Waals surface area contributed by atoms with Gasteiger partial charge in [-0.05, 0) is 39.4 Å². The van der Waals surface area contributed by atoms with E-state index >= 15 is 0 Å². The summed E-state index contributed by atoms with van der Waals surface area (Å²) in [5.74, 6) is -0.466. The van der Waals surface area contributed by atoms with Crippen molar-refractivity contribution in [1.29, 1.82) is 0 Å². The molecule has 0 spiro atoms. The number of likely N-dealkylation sites (N-methyl/N-ethyl adjacent to an activating group) is 2. The summed E-state index contributed by atoms with van der Waals surface area (Å²) in [4.78, 5) is 27.0. The van der Waals surface area contributed by atoms with Crippen molar-refractivity contribution in [2.75, 3.05) is 27.2 Å². The Morgan fingerprint density at radius 1 is 1.29 bits per heavy atom.